The highest BCUT2D eigenvalue weighted by molar-refractivity contribution is 6.06. The summed E-state index contributed by atoms with van der Waals surface area (Å²) in [6.07, 6.45) is 3.68. The number of nitrogens with one attached hydrogen (secondary N) is 1. The molecule has 1 N–H and O–H groups in total. The van der Waals surface area contributed by atoms with Crippen LogP contribution in [-0.4, -0.2) is 19.1 Å². The molecule has 0 spiro atoms. The van der Waals surface area contributed by atoms with Crippen LogP contribution in [0.1, 0.15) is 30.1 Å². The third kappa shape index (κ3) is 5.16. The summed E-state index contributed by atoms with van der Waals surface area (Å²) >= 11 is 0. The smallest absolute Gasteiger partial charge is 0.259 e. The lowest BCUT2D eigenvalue weighted by molar-refractivity contribution is 0.102. The predicted molar refractivity (Wildman–Crippen MR) is 96.9 cm³/mol. The first-order valence-electron chi connectivity index (χ1n) is 8.11. The van der Waals surface area contributed by atoms with Crippen LogP contribution in [0.25, 0.3) is 0 Å². The lowest BCUT2D eigenvalue weighted by atomic mass is 10.2. The number of hydrogen-bond acceptors (Lipinski definition) is 3. The van der Waals surface area contributed by atoms with Crippen LogP contribution in [0.2, 0.25) is 0 Å². The van der Waals surface area contributed by atoms with Gasteiger partial charge in [-0.05, 0) is 30.7 Å². The Bertz CT molecular complexity index is 682. The van der Waals surface area contributed by atoms with Crippen LogP contribution >= 0.6 is 0 Å². The van der Waals surface area contributed by atoms with Crippen molar-refractivity contribution in [3.8, 4) is 11.5 Å². The molecular formula is C20H23NO3. The number of ether oxygens (including phenoxy) is 2. The van der Waals surface area contributed by atoms with Gasteiger partial charge in [0.25, 0.3) is 5.91 Å². The number of para-hydroxylation sites is 1. The van der Waals surface area contributed by atoms with Crippen LogP contribution in [0.15, 0.2) is 61.2 Å². The van der Waals surface area contributed by atoms with Crippen LogP contribution in [0.4, 0.5) is 5.69 Å². The number of rotatable bonds is 9. The molecule has 2 aromatic carbocycles. The lowest BCUT2D eigenvalue weighted by Gasteiger charge is -2.12. The minimum Gasteiger partial charge on any atom is -0.493 e. The van der Waals surface area contributed by atoms with E-state index >= 15 is 0 Å². The van der Waals surface area contributed by atoms with E-state index in [1.54, 1.807) is 18.2 Å². The van der Waals surface area contributed by atoms with Gasteiger partial charge in [0.05, 0.1) is 12.2 Å². The zero-order chi connectivity index (χ0) is 17.2. The molecule has 0 aliphatic rings. The zero-order valence-electron chi connectivity index (χ0n) is 14.0. The van der Waals surface area contributed by atoms with E-state index in [2.05, 4.69) is 18.8 Å². The molecule has 0 aliphatic heterocycles. The van der Waals surface area contributed by atoms with Crippen molar-refractivity contribution in [1.29, 1.82) is 0 Å². The Morgan fingerprint density at radius 1 is 1.17 bits per heavy atom. The number of unbranched alkanes of at least 4 members (excludes halogenated alkanes) is 1. The second-order valence-electron chi connectivity index (χ2n) is 5.28. The molecule has 0 bridgehead atoms. The maximum atomic E-state index is 12.5. The number of hydrogen-bond donors (Lipinski definition) is 1. The molecule has 2 aromatic rings. The molecule has 2 rings (SSSR count). The van der Waals surface area contributed by atoms with E-state index in [1.807, 2.05) is 36.4 Å². The van der Waals surface area contributed by atoms with Gasteiger partial charge < -0.3 is 14.8 Å². The summed E-state index contributed by atoms with van der Waals surface area (Å²) in [5, 5.41) is 2.88. The Labute approximate surface area is 143 Å². The molecule has 0 radical (unpaired) electrons. The summed E-state index contributed by atoms with van der Waals surface area (Å²) in [5.41, 5.74) is 1.19. The van der Waals surface area contributed by atoms with Crippen molar-refractivity contribution >= 4 is 11.6 Å². The highest BCUT2D eigenvalue weighted by Crippen LogP contribution is 2.22. The Hall–Kier alpha value is -2.75. The Kier molecular flexibility index (Phi) is 6.90. The molecule has 0 fully saturated rings. The first-order chi connectivity index (χ1) is 11.7. The van der Waals surface area contributed by atoms with E-state index in [1.165, 1.54) is 0 Å². The fourth-order valence-corrected chi connectivity index (χ4v) is 2.12. The molecule has 4 nitrogen and oxygen atoms in total. The van der Waals surface area contributed by atoms with Gasteiger partial charge in [0.1, 0.15) is 18.1 Å². The molecule has 0 heterocycles. The van der Waals surface area contributed by atoms with Gasteiger partial charge in [-0.3, -0.25) is 4.79 Å². The molecule has 0 aliphatic carbocycles. The summed E-state index contributed by atoms with van der Waals surface area (Å²) in [4.78, 5) is 12.5. The summed E-state index contributed by atoms with van der Waals surface area (Å²) in [5.74, 6) is 1.07. The minimum atomic E-state index is -0.206. The van der Waals surface area contributed by atoms with Crippen molar-refractivity contribution in [2.75, 3.05) is 18.5 Å². The van der Waals surface area contributed by atoms with Gasteiger partial charge in [0.2, 0.25) is 0 Å². The number of anilines is 1. The summed E-state index contributed by atoms with van der Waals surface area (Å²) in [7, 11) is 0. The number of amides is 1. The fourth-order valence-electron chi connectivity index (χ4n) is 2.12. The molecule has 4 heteroatoms. The van der Waals surface area contributed by atoms with E-state index in [0.717, 1.165) is 12.8 Å². The van der Waals surface area contributed by atoms with Gasteiger partial charge in [0, 0.05) is 11.8 Å². The highest BCUT2D eigenvalue weighted by Gasteiger charge is 2.12. The van der Waals surface area contributed by atoms with Gasteiger partial charge in [-0.2, -0.15) is 0 Å². The quantitative estimate of drug-likeness (QED) is 0.538. The molecule has 0 aromatic heterocycles. The van der Waals surface area contributed by atoms with Crippen LogP contribution in [-0.2, 0) is 0 Å². The number of carbonyl (C=O) groups excluding carboxylic acids is 1. The first kappa shape index (κ1) is 17.6. The Morgan fingerprint density at radius 2 is 2.00 bits per heavy atom. The second-order valence-corrected chi connectivity index (χ2v) is 5.28. The van der Waals surface area contributed by atoms with Gasteiger partial charge in [-0.15, -0.1) is 0 Å². The van der Waals surface area contributed by atoms with Crippen molar-refractivity contribution in [3.63, 3.8) is 0 Å². The lowest BCUT2D eigenvalue weighted by Crippen LogP contribution is -2.14. The van der Waals surface area contributed by atoms with E-state index in [4.69, 9.17) is 9.47 Å². The normalized spacial score (nSPS) is 10.0. The third-order valence-corrected chi connectivity index (χ3v) is 3.35. The van der Waals surface area contributed by atoms with Crippen molar-refractivity contribution in [1.82, 2.24) is 0 Å². The van der Waals surface area contributed by atoms with E-state index in [-0.39, 0.29) is 5.91 Å². The Balaban J connectivity index is 2.08. The Morgan fingerprint density at radius 3 is 2.79 bits per heavy atom. The zero-order valence-corrected chi connectivity index (χ0v) is 14.0. The molecule has 126 valence electrons. The first-order valence-corrected chi connectivity index (χ1v) is 8.11. The molecule has 0 unspecified atom stereocenters. The van der Waals surface area contributed by atoms with Crippen molar-refractivity contribution in [2.45, 2.75) is 19.8 Å². The topological polar surface area (TPSA) is 47.6 Å². The second kappa shape index (κ2) is 9.40. The molecular weight excluding hydrogens is 302 g/mol. The highest BCUT2D eigenvalue weighted by atomic mass is 16.5. The van der Waals surface area contributed by atoms with Crippen molar-refractivity contribution in [3.05, 3.63) is 66.7 Å². The van der Waals surface area contributed by atoms with Gasteiger partial charge in [-0.1, -0.05) is 44.2 Å². The fraction of sp³-hybridized carbons (Fsp3) is 0.250. The van der Waals surface area contributed by atoms with Crippen LogP contribution in [0, 0.1) is 0 Å². The van der Waals surface area contributed by atoms with E-state index in [9.17, 15) is 4.79 Å². The molecule has 1 amide bonds. The average molecular weight is 325 g/mol. The largest absolute Gasteiger partial charge is 0.493 e. The van der Waals surface area contributed by atoms with Gasteiger partial charge >= 0.3 is 0 Å². The molecule has 24 heavy (non-hydrogen) atoms. The summed E-state index contributed by atoms with van der Waals surface area (Å²) in [6.45, 7) is 6.74. The van der Waals surface area contributed by atoms with E-state index in [0.29, 0.717) is 36.0 Å². The molecule has 0 atom stereocenters. The molecule has 0 saturated heterocycles. The van der Waals surface area contributed by atoms with Gasteiger partial charge in [0.15, 0.2) is 0 Å². The SMILES string of the molecule is C=CCOc1cccc(NC(=O)c2ccccc2OCCCC)c1. The summed E-state index contributed by atoms with van der Waals surface area (Å²) in [6, 6.07) is 14.5. The number of carbonyl (C=O) groups is 1. The van der Waals surface area contributed by atoms with Crippen LogP contribution < -0.4 is 14.8 Å². The standard InChI is InChI=1S/C20H23NO3/c1-3-5-14-24-19-12-7-6-11-18(19)20(22)21-16-9-8-10-17(15-16)23-13-4-2/h4,6-12,15H,2-3,5,13-14H2,1H3,(H,21,22). The van der Waals surface area contributed by atoms with E-state index < -0.39 is 0 Å². The minimum absolute atomic E-state index is 0.206. The average Bonchev–Trinajstić information content (AvgIpc) is 2.61. The predicted octanol–water partition coefficient (Wildman–Crippen LogP) is 4.68. The van der Waals surface area contributed by atoms with Gasteiger partial charge in [-0.25, -0.2) is 0 Å². The van der Waals surface area contributed by atoms with Crippen molar-refractivity contribution < 1.29 is 14.3 Å². The van der Waals surface area contributed by atoms with Crippen molar-refractivity contribution in [2.24, 2.45) is 0 Å². The maximum absolute atomic E-state index is 12.5. The third-order valence-electron chi connectivity index (χ3n) is 3.35. The monoisotopic (exact) mass is 325 g/mol. The molecule has 0 saturated carbocycles. The van der Waals surface area contributed by atoms with Crippen LogP contribution in [0.5, 0.6) is 11.5 Å². The maximum Gasteiger partial charge on any atom is 0.259 e. The van der Waals surface area contributed by atoms with Crippen LogP contribution in [0.3, 0.4) is 0 Å². The number of benzene rings is 2. The summed E-state index contributed by atoms with van der Waals surface area (Å²) < 4.78 is 11.2.